The first-order valence-corrected chi connectivity index (χ1v) is 11.8. The van der Waals surface area contributed by atoms with Gasteiger partial charge in [0, 0.05) is 30.6 Å². The summed E-state index contributed by atoms with van der Waals surface area (Å²) in [5, 5.41) is 8.26. The van der Waals surface area contributed by atoms with Gasteiger partial charge in [0.05, 0.1) is 40.4 Å². The molecule has 2 amide bonds. The smallest absolute Gasteiger partial charge is 0.366 e. The molecule has 0 aliphatic carbocycles. The number of carbonyl (C=O) groups is 1. The number of benzene rings is 2. The molecule has 184 valence electrons. The number of urea groups is 1. The fourth-order valence-corrected chi connectivity index (χ4v) is 5.13. The fourth-order valence-electron chi connectivity index (χ4n) is 5.13. The third kappa shape index (κ3) is 3.64. The van der Waals surface area contributed by atoms with Gasteiger partial charge in [-0.1, -0.05) is 18.2 Å². The topological polar surface area (TPSA) is 66.3 Å². The molecule has 10 heteroatoms. The zero-order valence-corrected chi connectivity index (χ0v) is 19.5. The SMILES string of the molecule is CCn1ncc2c(NC(=O)N3c4nc(-c5cccc(C(F)(F)F)c5)ccc4N4CCC3C4)cccc21. The van der Waals surface area contributed by atoms with Gasteiger partial charge in [0.15, 0.2) is 5.82 Å². The summed E-state index contributed by atoms with van der Waals surface area (Å²) >= 11 is 0. The summed E-state index contributed by atoms with van der Waals surface area (Å²) in [6.45, 7) is 4.18. The van der Waals surface area contributed by atoms with Crippen molar-refractivity contribution < 1.29 is 18.0 Å². The van der Waals surface area contributed by atoms with Gasteiger partial charge in [0.2, 0.25) is 0 Å². The molecule has 1 fully saturated rings. The third-order valence-electron chi connectivity index (χ3n) is 6.88. The zero-order chi connectivity index (χ0) is 25.0. The molecular formula is C26H23F3N6O. The van der Waals surface area contributed by atoms with E-state index in [0.29, 0.717) is 35.9 Å². The lowest BCUT2D eigenvalue weighted by atomic mass is 10.1. The van der Waals surface area contributed by atoms with E-state index in [1.54, 1.807) is 23.2 Å². The first-order chi connectivity index (χ1) is 17.3. The molecule has 36 heavy (non-hydrogen) atoms. The number of anilines is 3. The van der Waals surface area contributed by atoms with Crippen LogP contribution in [0.4, 0.5) is 35.2 Å². The molecular weight excluding hydrogens is 469 g/mol. The number of amides is 2. The van der Waals surface area contributed by atoms with Gasteiger partial charge in [-0.2, -0.15) is 18.3 Å². The number of halogens is 3. The Morgan fingerprint density at radius 1 is 1.14 bits per heavy atom. The number of hydrogen-bond donors (Lipinski definition) is 1. The van der Waals surface area contributed by atoms with Crippen LogP contribution in [0.25, 0.3) is 22.2 Å². The molecule has 2 aromatic carbocycles. The Hall–Kier alpha value is -4.08. The Labute approximate surface area is 205 Å². The van der Waals surface area contributed by atoms with Gasteiger partial charge in [-0.3, -0.25) is 9.58 Å². The van der Waals surface area contributed by atoms with Crippen LogP contribution in [0.1, 0.15) is 18.9 Å². The minimum atomic E-state index is -4.45. The van der Waals surface area contributed by atoms with E-state index in [1.165, 1.54) is 6.07 Å². The number of nitrogens with one attached hydrogen (secondary N) is 1. The summed E-state index contributed by atoms with van der Waals surface area (Å²) in [6, 6.07) is 13.9. The quantitative estimate of drug-likeness (QED) is 0.395. The maximum atomic E-state index is 13.7. The van der Waals surface area contributed by atoms with E-state index in [0.717, 1.165) is 41.7 Å². The standard InChI is InChI=1S/C26H23F3N6O/c1-2-34-22-8-4-7-21(19(22)14-30-34)32-25(36)35-18-11-12-33(15-18)23-10-9-20(31-24(23)35)16-5-3-6-17(13-16)26(27,28)29/h3-10,13-14,18H,2,11-12,15H2,1H3,(H,32,36). The van der Waals surface area contributed by atoms with Crippen molar-refractivity contribution in [1.29, 1.82) is 0 Å². The normalized spacial score (nSPS) is 16.9. The van der Waals surface area contributed by atoms with Crippen molar-refractivity contribution in [2.75, 3.05) is 28.2 Å². The van der Waals surface area contributed by atoms with Crippen LogP contribution in [0.2, 0.25) is 0 Å². The van der Waals surface area contributed by atoms with E-state index in [1.807, 2.05) is 35.9 Å². The largest absolute Gasteiger partial charge is 0.416 e. The van der Waals surface area contributed by atoms with Crippen LogP contribution in [0.15, 0.2) is 60.8 Å². The maximum Gasteiger partial charge on any atom is 0.416 e. The van der Waals surface area contributed by atoms with Crippen molar-refractivity contribution in [1.82, 2.24) is 14.8 Å². The molecule has 0 spiro atoms. The Bertz CT molecular complexity index is 1480. The Kier molecular flexibility index (Phi) is 5.13. The summed E-state index contributed by atoms with van der Waals surface area (Å²) in [5.74, 6) is 0.451. The summed E-state index contributed by atoms with van der Waals surface area (Å²) in [4.78, 5) is 22.2. The van der Waals surface area contributed by atoms with E-state index < -0.39 is 11.7 Å². The molecule has 0 radical (unpaired) electrons. The lowest BCUT2D eigenvalue weighted by molar-refractivity contribution is -0.137. The van der Waals surface area contributed by atoms with E-state index in [-0.39, 0.29) is 12.1 Å². The van der Waals surface area contributed by atoms with Gasteiger partial charge in [0.1, 0.15) is 0 Å². The average Bonchev–Trinajstić information content (AvgIpc) is 3.49. The number of nitrogens with zero attached hydrogens (tertiary/aromatic N) is 5. The summed E-state index contributed by atoms with van der Waals surface area (Å²) < 4.78 is 41.7. The molecule has 4 heterocycles. The molecule has 1 atom stereocenters. The minimum absolute atomic E-state index is 0.0840. The zero-order valence-electron chi connectivity index (χ0n) is 19.5. The first-order valence-electron chi connectivity index (χ1n) is 11.8. The minimum Gasteiger partial charge on any atom is -0.366 e. The average molecular weight is 493 g/mol. The van der Waals surface area contributed by atoms with Crippen molar-refractivity contribution in [3.05, 3.63) is 66.4 Å². The van der Waals surface area contributed by atoms with Crippen molar-refractivity contribution in [3.8, 4) is 11.3 Å². The van der Waals surface area contributed by atoms with Gasteiger partial charge in [-0.15, -0.1) is 0 Å². The molecule has 2 aliphatic rings. The van der Waals surface area contributed by atoms with E-state index in [9.17, 15) is 18.0 Å². The maximum absolute atomic E-state index is 13.7. The first kappa shape index (κ1) is 22.4. The summed E-state index contributed by atoms with van der Waals surface area (Å²) in [7, 11) is 0. The predicted molar refractivity (Wildman–Crippen MR) is 132 cm³/mol. The van der Waals surface area contributed by atoms with Crippen LogP contribution in [-0.2, 0) is 12.7 Å². The molecule has 2 aliphatic heterocycles. The monoisotopic (exact) mass is 492 g/mol. The lowest BCUT2D eigenvalue weighted by Gasteiger charge is -2.36. The second kappa shape index (κ2) is 8.25. The lowest BCUT2D eigenvalue weighted by Crippen LogP contribution is -2.48. The molecule has 2 bridgehead atoms. The molecule has 6 rings (SSSR count). The number of rotatable bonds is 3. The van der Waals surface area contributed by atoms with Gasteiger partial charge in [0.25, 0.3) is 0 Å². The number of alkyl halides is 3. The van der Waals surface area contributed by atoms with Crippen LogP contribution in [0.3, 0.4) is 0 Å². The molecule has 1 saturated heterocycles. The Morgan fingerprint density at radius 2 is 1.97 bits per heavy atom. The van der Waals surface area contributed by atoms with Gasteiger partial charge in [-0.05, 0) is 49.7 Å². The number of aryl methyl sites for hydroxylation is 1. The van der Waals surface area contributed by atoms with Crippen LogP contribution in [-0.4, -0.2) is 39.9 Å². The van der Waals surface area contributed by atoms with E-state index in [2.05, 4.69) is 15.3 Å². The fraction of sp³-hybridized carbons (Fsp3) is 0.269. The number of fused-ring (bicyclic) bond motifs is 5. The van der Waals surface area contributed by atoms with E-state index in [4.69, 9.17) is 4.98 Å². The number of aromatic nitrogens is 3. The number of pyridine rings is 1. The highest BCUT2D eigenvalue weighted by Gasteiger charge is 2.40. The summed E-state index contributed by atoms with van der Waals surface area (Å²) in [5.41, 5.74) is 2.36. The molecule has 1 unspecified atom stereocenters. The van der Waals surface area contributed by atoms with Crippen molar-refractivity contribution >= 4 is 34.1 Å². The molecule has 1 N–H and O–H groups in total. The van der Waals surface area contributed by atoms with Crippen molar-refractivity contribution in [3.63, 3.8) is 0 Å². The Balaban J connectivity index is 1.38. The highest BCUT2D eigenvalue weighted by atomic mass is 19.4. The van der Waals surface area contributed by atoms with Gasteiger partial charge in [-0.25, -0.2) is 9.78 Å². The molecule has 0 saturated carbocycles. The predicted octanol–water partition coefficient (Wildman–Crippen LogP) is 5.77. The highest BCUT2D eigenvalue weighted by molar-refractivity contribution is 6.08. The van der Waals surface area contributed by atoms with Crippen LogP contribution in [0, 0.1) is 0 Å². The van der Waals surface area contributed by atoms with Gasteiger partial charge >= 0.3 is 12.2 Å². The molecule has 7 nitrogen and oxygen atoms in total. The number of carbonyl (C=O) groups excluding carboxylic acids is 1. The molecule has 2 aromatic heterocycles. The summed E-state index contributed by atoms with van der Waals surface area (Å²) in [6.07, 6.45) is -1.94. The van der Waals surface area contributed by atoms with Crippen molar-refractivity contribution in [2.24, 2.45) is 0 Å². The number of hydrogen-bond acceptors (Lipinski definition) is 4. The van der Waals surface area contributed by atoms with Gasteiger partial charge < -0.3 is 10.2 Å². The highest BCUT2D eigenvalue weighted by Crippen LogP contribution is 2.41. The van der Waals surface area contributed by atoms with Crippen molar-refractivity contribution in [2.45, 2.75) is 32.1 Å². The van der Waals surface area contributed by atoms with Crippen LogP contribution < -0.4 is 15.1 Å². The molecule has 4 aromatic rings. The van der Waals surface area contributed by atoms with E-state index >= 15 is 0 Å². The van der Waals surface area contributed by atoms with Crippen LogP contribution >= 0.6 is 0 Å². The second-order valence-corrected chi connectivity index (χ2v) is 9.01. The third-order valence-corrected chi connectivity index (χ3v) is 6.88. The van der Waals surface area contributed by atoms with Crippen LogP contribution in [0.5, 0.6) is 0 Å². The Morgan fingerprint density at radius 3 is 2.78 bits per heavy atom. The second-order valence-electron chi connectivity index (χ2n) is 9.01.